The first kappa shape index (κ1) is 27.8. The molecule has 0 aliphatic heterocycles. The predicted octanol–water partition coefficient (Wildman–Crippen LogP) is 7.51. The predicted molar refractivity (Wildman–Crippen MR) is 129 cm³/mol. The van der Waals surface area contributed by atoms with Crippen LogP contribution in [0.25, 0.3) is 5.57 Å². The maximum atomic E-state index is 3.55. The molecule has 0 aromatic heterocycles. The normalized spacial score (nSPS) is 15.8. The maximum Gasteiger partial charge on any atom is 4.00 e. The van der Waals surface area contributed by atoms with Gasteiger partial charge in [0.15, 0.2) is 0 Å². The van der Waals surface area contributed by atoms with E-state index >= 15 is 0 Å². The molecule has 2 fully saturated rings. The van der Waals surface area contributed by atoms with E-state index < -0.39 is 0 Å². The molecule has 2 aromatic rings. The van der Waals surface area contributed by atoms with E-state index in [4.69, 9.17) is 0 Å². The van der Waals surface area contributed by atoms with Crippen LogP contribution in [0.15, 0.2) is 66.2 Å². The topological polar surface area (TPSA) is 0 Å². The summed E-state index contributed by atoms with van der Waals surface area (Å²) in [6.07, 6.45) is 28.9. The zero-order chi connectivity index (χ0) is 21.3. The second-order valence-corrected chi connectivity index (χ2v) is 6.52. The largest absolute Gasteiger partial charge is 4.00 e. The molecule has 0 N–H and O–H groups in total. The van der Waals surface area contributed by atoms with Crippen molar-refractivity contribution >= 4 is 5.57 Å². The molecule has 4 rings (SSSR count). The summed E-state index contributed by atoms with van der Waals surface area (Å²) >= 11 is 0. The smallest absolute Gasteiger partial charge is 0.313 e. The first-order chi connectivity index (χ1) is 14.8. The van der Waals surface area contributed by atoms with Crippen LogP contribution in [0.3, 0.4) is 0 Å². The second-order valence-electron chi connectivity index (χ2n) is 6.52. The summed E-state index contributed by atoms with van der Waals surface area (Å²) in [7, 11) is 0. The van der Waals surface area contributed by atoms with Crippen molar-refractivity contribution in [2.45, 2.75) is 26.7 Å². The minimum Gasteiger partial charge on any atom is -0.313 e. The van der Waals surface area contributed by atoms with Gasteiger partial charge in [0.05, 0.1) is 0 Å². The molecule has 2 aromatic carbocycles. The first-order valence-electron chi connectivity index (χ1n) is 10.5. The first-order valence-corrected chi connectivity index (χ1v) is 10.5. The molecule has 0 bridgehead atoms. The van der Waals surface area contributed by atoms with Gasteiger partial charge in [-0.15, -0.1) is 36.2 Å². The van der Waals surface area contributed by atoms with Crippen molar-refractivity contribution in [3.8, 4) is 0 Å². The zero-order valence-electron chi connectivity index (χ0n) is 18.5. The molecule has 1 heteroatoms. The number of hydrogen-bond donors (Lipinski definition) is 0. The van der Waals surface area contributed by atoms with Gasteiger partial charge in [0.1, 0.15) is 0 Å². The van der Waals surface area contributed by atoms with Gasteiger partial charge in [-0.05, 0) is 64.2 Å². The average molecular weight is 482 g/mol. The van der Waals surface area contributed by atoms with Crippen LogP contribution < -0.4 is 0 Å². The fraction of sp³-hybridized carbons (Fsp3) is 0.133. The number of rotatable bonds is 5. The second kappa shape index (κ2) is 18.4. The Bertz CT molecular complexity index is 694. The van der Waals surface area contributed by atoms with E-state index in [1.54, 1.807) is 0 Å². The van der Waals surface area contributed by atoms with E-state index in [0.717, 1.165) is 24.0 Å². The maximum absolute atomic E-state index is 3.55. The van der Waals surface area contributed by atoms with Crippen molar-refractivity contribution in [1.29, 1.82) is 0 Å². The van der Waals surface area contributed by atoms with E-state index in [1.807, 2.05) is 88.5 Å². The van der Waals surface area contributed by atoms with Crippen LogP contribution in [0.2, 0.25) is 0 Å². The van der Waals surface area contributed by atoms with E-state index in [0.29, 0.717) is 0 Å². The van der Waals surface area contributed by atoms with Gasteiger partial charge in [-0.1, -0.05) is 56.7 Å². The quantitative estimate of drug-likeness (QED) is 0.235. The molecule has 2 aliphatic rings. The molecule has 2 aliphatic carbocycles. The standard InChI is InChI=1S/C20H20.2C5H5.Zr/c1-3-11-18(4-2)20(19-14-9-6-10-15-19)16-17-12-7-5-8-13-17;2*1-2-4-5-3-1;/h5-10,12-15H,3-4H2,1-2H3;2*1-5H;/q-2;;;+4. The van der Waals surface area contributed by atoms with Crippen molar-refractivity contribution < 1.29 is 26.2 Å². The minimum absolute atomic E-state index is 0. The Morgan fingerprint density at radius 2 is 1.03 bits per heavy atom. The Morgan fingerprint density at radius 3 is 1.42 bits per heavy atom. The van der Waals surface area contributed by atoms with Crippen molar-refractivity contribution in [3.63, 3.8) is 0 Å². The Balaban J connectivity index is 0.000000356. The fourth-order valence-electron chi connectivity index (χ4n) is 2.84. The van der Waals surface area contributed by atoms with E-state index in [-0.39, 0.29) is 26.2 Å². The molecule has 31 heavy (non-hydrogen) atoms. The summed E-state index contributed by atoms with van der Waals surface area (Å²) in [6.45, 7) is 4.30. The van der Waals surface area contributed by atoms with E-state index in [2.05, 4.69) is 62.4 Å². The summed E-state index contributed by atoms with van der Waals surface area (Å²) in [5, 5.41) is 0. The molecule has 0 spiro atoms. The molecule has 0 unspecified atom stereocenters. The molecule has 0 nitrogen and oxygen atoms in total. The molecular weight excluding hydrogens is 452 g/mol. The van der Waals surface area contributed by atoms with Gasteiger partial charge in [-0.3, -0.25) is 11.1 Å². The Hall–Kier alpha value is -1.20. The average Bonchev–Trinajstić information content (AvgIpc) is 3.57. The van der Waals surface area contributed by atoms with Gasteiger partial charge in [-0.25, -0.2) is 6.08 Å². The van der Waals surface area contributed by atoms with E-state index in [1.165, 1.54) is 11.1 Å². The summed E-state index contributed by atoms with van der Waals surface area (Å²) < 4.78 is 0. The molecule has 0 amide bonds. The molecule has 0 saturated heterocycles. The summed E-state index contributed by atoms with van der Waals surface area (Å²) in [5.74, 6) is 0. The molecule has 0 heterocycles. The molecular formula is C30H30Zr+2. The van der Waals surface area contributed by atoms with Crippen LogP contribution in [-0.4, -0.2) is 0 Å². The van der Waals surface area contributed by atoms with Crippen LogP contribution in [-0.2, 0) is 26.2 Å². The van der Waals surface area contributed by atoms with Crippen LogP contribution in [0.4, 0.5) is 0 Å². The fourth-order valence-corrected chi connectivity index (χ4v) is 2.84. The van der Waals surface area contributed by atoms with Crippen molar-refractivity contribution in [3.05, 3.63) is 154 Å². The third-order valence-corrected chi connectivity index (χ3v) is 4.26. The van der Waals surface area contributed by atoms with Crippen molar-refractivity contribution in [2.24, 2.45) is 0 Å². The number of benzene rings is 2. The third-order valence-electron chi connectivity index (χ3n) is 4.26. The summed E-state index contributed by atoms with van der Waals surface area (Å²) in [4.78, 5) is 0. The van der Waals surface area contributed by atoms with Gasteiger partial charge < -0.3 is 6.08 Å². The summed E-state index contributed by atoms with van der Waals surface area (Å²) in [6, 6.07) is 20.8. The Kier molecular flexibility index (Phi) is 16.5. The third kappa shape index (κ3) is 11.8. The van der Waals surface area contributed by atoms with Gasteiger partial charge >= 0.3 is 26.2 Å². The van der Waals surface area contributed by atoms with Gasteiger partial charge in [-0.2, -0.15) is 5.56 Å². The molecule has 10 radical (unpaired) electrons. The summed E-state index contributed by atoms with van der Waals surface area (Å²) in [5.41, 5.74) is 4.70. The molecule has 0 atom stereocenters. The van der Waals surface area contributed by atoms with Gasteiger partial charge in [0.2, 0.25) is 0 Å². The van der Waals surface area contributed by atoms with Crippen LogP contribution in [0, 0.1) is 76.4 Å². The number of hydrogen-bond acceptors (Lipinski definition) is 0. The molecule has 152 valence electrons. The van der Waals surface area contributed by atoms with Crippen molar-refractivity contribution in [1.82, 2.24) is 0 Å². The van der Waals surface area contributed by atoms with Crippen LogP contribution in [0.1, 0.15) is 37.8 Å². The van der Waals surface area contributed by atoms with Crippen molar-refractivity contribution in [2.75, 3.05) is 0 Å². The monoisotopic (exact) mass is 480 g/mol. The minimum atomic E-state index is 0. The van der Waals surface area contributed by atoms with E-state index in [9.17, 15) is 0 Å². The Morgan fingerprint density at radius 1 is 0.613 bits per heavy atom. The van der Waals surface area contributed by atoms with Gasteiger partial charge in [0.25, 0.3) is 0 Å². The number of allylic oxidation sites excluding steroid dienone is 3. The van der Waals surface area contributed by atoms with Crippen LogP contribution in [0.5, 0.6) is 0 Å². The SMILES string of the molecule is CC[C-]=C(CC)C(=[C-]c1ccccc1)c1ccccc1.[CH]1[CH][CH][CH][CH]1.[CH]1[CH][CH][CH][CH]1.[Zr+4]. The molecule has 2 saturated carbocycles. The Labute approximate surface area is 211 Å². The van der Waals surface area contributed by atoms with Crippen LogP contribution >= 0.6 is 0 Å². The zero-order valence-corrected chi connectivity index (χ0v) is 20.9. The van der Waals surface area contributed by atoms with Gasteiger partial charge in [0, 0.05) is 0 Å².